The van der Waals surface area contributed by atoms with Gasteiger partial charge in [-0.25, -0.2) is 0 Å². The third kappa shape index (κ3) is 2.74. The van der Waals surface area contributed by atoms with Crippen LogP contribution in [0.4, 0.5) is 0 Å². The van der Waals surface area contributed by atoms with Crippen LogP contribution in [0.5, 0.6) is 0 Å². The summed E-state index contributed by atoms with van der Waals surface area (Å²) in [6.45, 7) is 5.77. The third-order valence-electron chi connectivity index (χ3n) is 5.12. The summed E-state index contributed by atoms with van der Waals surface area (Å²) >= 11 is 9.99. The highest BCUT2D eigenvalue weighted by molar-refractivity contribution is 9.10. The fourth-order valence-corrected chi connectivity index (χ4v) is 4.52. The number of hydrogen-bond acceptors (Lipinski definition) is 2. The highest BCUT2D eigenvalue weighted by Crippen LogP contribution is 2.47. The van der Waals surface area contributed by atoms with Crippen LogP contribution in [0.3, 0.4) is 0 Å². The normalized spacial score (nSPS) is 26.8. The molecular formula is C19H19BrClNO. The van der Waals surface area contributed by atoms with E-state index in [9.17, 15) is 0 Å². The summed E-state index contributed by atoms with van der Waals surface area (Å²) in [5.41, 5.74) is 3.72. The summed E-state index contributed by atoms with van der Waals surface area (Å²) in [6, 6.07) is 14.9. The molecule has 120 valence electrons. The number of hydrogen-bond donors (Lipinski definition) is 0. The minimum atomic E-state index is -0.126. The van der Waals surface area contributed by atoms with Crippen LogP contribution >= 0.6 is 27.5 Å². The van der Waals surface area contributed by atoms with Gasteiger partial charge in [-0.15, -0.1) is 0 Å². The van der Waals surface area contributed by atoms with Gasteiger partial charge in [0.1, 0.15) is 0 Å². The molecule has 0 radical (unpaired) electrons. The van der Waals surface area contributed by atoms with Crippen molar-refractivity contribution in [2.45, 2.75) is 31.6 Å². The van der Waals surface area contributed by atoms with Crippen LogP contribution in [-0.4, -0.2) is 23.6 Å². The first-order valence-electron chi connectivity index (χ1n) is 7.94. The molecule has 2 aromatic carbocycles. The van der Waals surface area contributed by atoms with Gasteiger partial charge in [-0.1, -0.05) is 48.0 Å². The number of nitrogens with zero attached hydrogens (tertiary/aromatic N) is 1. The van der Waals surface area contributed by atoms with Crippen molar-refractivity contribution in [3.8, 4) is 0 Å². The summed E-state index contributed by atoms with van der Waals surface area (Å²) in [7, 11) is 0. The molecule has 0 aliphatic carbocycles. The molecule has 0 bridgehead atoms. The molecule has 2 atom stereocenters. The Morgan fingerprint density at radius 3 is 2.83 bits per heavy atom. The third-order valence-corrected chi connectivity index (χ3v) is 6.44. The van der Waals surface area contributed by atoms with Gasteiger partial charge in [0, 0.05) is 35.6 Å². The SMILES string of the molecule is C[C@]12CN(Cc3ccccc3)C[C@H]1c1ccc(Br)c(Cl)c1CO2. The van der Waals surface area contributed by atoms with Gasteiger partial charge in [-0.3, -0.25) is 4.90 Å². The van der Waals surface area contributed by atoms with E-state index in [4.69, 9.17) is 16.3 Å². The van der Waals surface area contributed by atoms with Crippen LogP contribution < -0.4 is 0 Å². The van der Waals surface area contributed by atoms with Crippen LogP contribution in [0.15, 0.2) is 46.9 Å². The largest absolute Gasteiger partial charge is 0.369 e. The number of rotatable bonds is 2. The monoisotopic (exact) mass is 391 g/mol. The zero-order valence-electron chi connectivity index (χ0n) is 13.1. The molecule has 2 aliphatic heterocycles. The Bertz CT molecular complexity index is 736. The van der Waals surface area contributed by atoms with E-state index in [1.54, 1.807) is 0 Å². The topological polar surface area (TPSA) is 12.5 Å². The molecule has 4 heteroatoms. The molecule has 4 rings (SSSR count). The van der Waals surface area contributed by atoms with Crippen LogP contribution in [0.2, 0.25) is 5.02 Å². The molecule has 0 N–H and O–H groups in total. The summed E-state index contributed by atoms with van der Waals surface area (Å²) in [6.07, 6.45) is 0. The molecule has 2 heterocycles. The van der Waals surface area contributed by atoms with Crippen molar-refractivity contribution in [1.29, 1.82) is 0 Å². The summed E-state index contributed by atoms with van der Waals surface area (Å²) in [5.74, 6) is 0.376. The lowest BCUT2D eigenvalue weighted by Crippen LogP contribution is -2.40. The Hall–Kier alpha value is -0.870. The molecule has 0 spiro atoms. The summed E-state index contributed by atoms with van der Waals surface area (Å²) < 4.78 is 7.22. The number of likely N-dealkylation sites (tertiary alicyclic amines) is 1. The van der Waals surface area contributed by atoms with Gasteiger partial charge in [0.2, 0.25) is 0 Å². The molecule has 0 saturated carbocycles. The number of benzene rings is 2. The van der Waals surface area contributed by atoms with E-state index in [0.29, 0.717) is 12.5 Å². The van der Waals surface area contributed by atoms with E-state index in [0.717, 1.165) is 34.7 Å². The van der Waals surface area contributed by atoms with Crippen molar-refractivity contribution in [2.24, 2.45) is 0 Å². The maximum absolute atomic E-state index is 6.47. The van der Waals surface area contributed by atoms with E-state index < -0.39 is 0 Å². The van der Waals surface area contributed by atoms with Gasteiger partial charge in [0.05, 0.1) is 17.2 Å². The molecule has 23 heavy (non-hydrogen) atoms. The van der Waals surface area contributed by atoms with Crippen molar-refractivity contribution in [1.82, 2.24) is 4.90 Å². The van der Waals surface area contributed by atoms with Crippen molar-refractivity contribution >= 4 is 27.5 Å². The average molecular weight is 393 g/mol. The molecule has 0 unspecified atom stereocenters. The van der Waals surface area contributed by atoms with E-state index in [-0.39, 0.29) is 5.60 Å². The van der Waals surface area contributed by atoms with Crippen molar-refractivity contribution in [2.75, 3.05) is 13.1 Å². The fourth-order valence-electron chi connectivity index (χ4n) is 3.92. The van der Waals surface area contributed by atoms with Gasteiger partial charge in [-0.05, 0) is 40.0 Å². The fraction of sp³-hybridized carbons (Fsp3) is 0.368. The Kier molecular flexibility index (Phi) is 4.01. The zero-order chi connectivity index (χ0) is 16.0. The molecule has 2 aliphatic rings. The lowest BCUT2D eigenvalue weighted by atomic mass is 9.81. The summed E-state index contributed by atoms with van der Waals surface area (Å²) in [4.78, 5) is 2.49. The Balaban J connectivity index is 1.63. The van der Waals surface area contributed by atoms with Crippen LogP contribution in [0, 0.1) is 0 Å². The molecule has 1 saturated heterocycles. The van der Waals surface area contributed by atoms with E-state index in [1.807, 2.05) is 0 Å². The van der Waals surface area contributed by atoms with Gasteiger partial charge in [0.25, 0.3) is 0 Å². The van der Waals surface area contributed by atoms with Crippen molar-refractivity contribution in [3.05, 3.63) is 68.7 Å². The first-order chi connectivity index (χ1) is 11.1. The van der Waals surface area contributed by atoms with Crippen LogP contribution in [0.25, 0.3) is 0 Å². The average Bonchev–Trinajstić information content (AvgIpc) is 2.88. The van der Waals surface area contributed by atoms with E-state index in [2.05, 4.69) is 70.2 Å². The second kappa shape index (κ2) is 5.89. The molecule has 2 aromatic rings. The van der Waals surface area contributed by atoms with Crippen molar-refractivity contribution in [3.63, 3.8) is 0 Å². The molecule has 0 amide bonds. The maximum atomic E-state index is 6.47. The van der Waals surface area contributed by atoms with E-state index >= 15 is 0 Å². The first kappa shape index (κ1) is 15.6. The number of fused-ring (bicyclic) bond motifs is 3. The second-order valence-corrected chi connectivity index (χ2v) is 7.97. The first-order valence-corrected chi connectivity index (χ1v) is 9.11. The number of ether oxygens (including phenoxy) is 1. The summed E-state index contributed by atoms with van der Waals surface area (Å²) in [5, 5.41) is 0.797. The van der Waals surface area contributed by atoms with Crippen LogP contribution in [-0.2, 0) is 17.9 Å². The highest BCUT2D eigenvalue weighted by Gasteiger charge is 2.48. The predicted octanol–water partition coefficient (Wildman–Crippen LogP) is 4.99. The molecule has 2 nitrogen and oxygen atoms in total. The highest BCUT2D eigenvalue weighted by atomic mass is 79.9. The Labute approximate surface area is 150 Å². The molecule has 1 fully saturated rings. The quantitative estimate of drug-likeness (QED) is 0.714. The minimum Gasteiger partial charge on any atom is -0.369 e. The lowest BCUT2D eigenvalue weighted by Gasteiger charge is -2.37. The zero-order valence-corrected chi connectivity index (χ0v) is 15.4. The Morgan fingerprint density at radius 1 is 1.26 bits per heavy atom. The minimum absolute atomic E-state index is 0.126. The smallest absolute Gasteiger partial charge is 0.0866 e. The van der Waals surface area contributed by atoms with Crippen molar-refractivity contribution < 1.29 is 4.74 Å². The number of halogens is 2. The van der Waals surface area contributed by atoms with Gasteiger partial charge in [-0.2, -0.15) is 0 Å². The molecular weight excluding hydrogens is 374 g/mol. The maximum Gasteiger partial charge on any atom is 0.0866 e. The molecule has 0 aromatic heterocycles. The lowest BCUT2D eigenvalue weighted by molar-refractivity contribution is -0.0567. The Morgan fingerprint density at radius 2 is 2.04 bits per heavy atom. The van der Waals surface area contributed by atoms with Gasteiger partial charge >= 0.3 is 0 Å². The van der Waals surface area contributed by atoms with Gasteiger partial charge in [0.15, 0.2) is 0 Å². The van der Waals surface area contributed by atoms with E-state index in [1.165, 1.54) is 11.1 Å². The van der Waals surface area contributed by atoms with Gasteiger partial charge < -0.3 is 4.74 Å². The predicted molar refractivity (Wildman–Crippen MR) is 96.8 cm³/mol. The second-order valence-electron chi connectivity index (χ2n) is 6.74. The standard InChI is InChI=1S/C19H19BrClNO/c1-19-12-22(9-13-5-3-2-4-6-13)10-16(19)14-7-8-17(20)18(21)15(14)11-23-19/h2-8,16H,9-12H2,1H3/t16-,19-/m0/s1. The van der Waals surface area contributed by atoms with Crippen LogP contribution in [0.1, 0.15) is 29.5 Å².